The smallest absolute Gasteiger partial charge is 0.335 e. The van der Waals surface area contributed by atoms with Gasteiger partial charge < -0.3 is 10.4 Å². The van der Waals surface area contributed by atoms with Crippen LogP contribution in [0, 0.1) is 11.6 Å². The van der Waals surface area contributed by atoms with Gasteiger partial charge in [0.2, 0.25) is 0 Å². The number of carbonyl (C=O) groups is 2. The normalized spacial score (nSPS) is 11.2. The third-order valence-electron chi connectivity index (χ3n) is 7.15. The highest BCUT2D eigenvalue weighted by molar-refractivity contribution is 7.17. The van der Waals surface area contributed by atoms with Crippen LogP contribution in [0.3, 0.4) is 0 Å². The molecule has 0 saturated carbocycles. The van der Waals surface area contributed by atoms with Crippen molar-refractivity contribution in [2.24, 2.45) is 0 Å². The molecule has 41 heavy (non-hydrogen) atoms. The highest BCUT2D eigenvalue weighted by Gasteiger charge is 2.19. The van der Waals surface area contributed by atoms with Gasteiger partial charge in [-0.1, -0.05) is 60.7 Å². The van der Waals surface area contributed by atoms with Gasteiger partial charge in [-0.25, -0.2) is 13.6 Å². The van der Waals surface area contributed by atoms with Crippen LogP contribution in [-0.2, 0) is 13.0 Å². The number of hydrogen-bond donors (Lipinski definition) is 2. The number of fused-ring (bicyclic) bond motifs is 2. The lowest BCUT2D eigenvalue weighted by Crippen LogP contribution is -2.23. The van der Waals surface area contributed by atoms with Crippen molar-refractivity contribution in [1.82, 2.24) is 5.32 Å². The van der Waals surface area contributed by atoms with Crippen LogP contribution in [-0.4, -0.2) is 17.0 Å². The second-order valence-corrected chi connectivity index (χ2v) is 10.7. The van der Waals surface area contributed by atoms with E-state index < -0.39 is 5.97 Å². The molecule has 0 aliphatic rings. The van der Waals surface area contributed by atoms with E-state index >= 15 is 4.39 Å². The second-order valence-electron chi connectivity index (χ2n) is 9.79. The van der Waals surface area contributed by atoms with Crippen LogP contribution in [0.15, 0.2) is 102 Å². The first-order valence-electron chi connectivity index (χ1n) is 12.9. The Morgan fingerprint density at radius 3 is 2.32 bits per heavy atom. The van der Waals surface area contributed by atoms with Gasteiger partial charge in [0.25, 0.3) is 5.91 Å². The van der Waals surface area contributed by atoms with Gasteiger partial charge in [0.15, 0.2) is 0 Å². The molecular weight excluding hydrogens is 540 g/mol. The summed E-state index contributed by atoms with van der Waals surface area (Å²) < 4.78 is 30.0. The van der Waals surface area contributed by atoms with Gasteiger partial charge in [-0.15, -0.1) is 11.3 Å². The Morgan fingerprint density at radius 2 is 1.56 bits per heavy atom. The maximum Gasteiger partial charge on any atom is 0.335 e. The Morgan fingerprint density at radius 1 is 0.805 bits per heavy atom. The van der Waals surface area contributed by atoms with Crippen LogP contribution in [0.25, 0.3) is 32.0 Å². The number of carbonyl (C=O) groups excluding carboxylic acids is 1. The van der Waals surface area contributed by atoms with E-state index in [1.165, 1.54) is 35.6 Å². The van der Waals surface area contributed by atoms with Crippen molar-refractivity contribution in [2.45, 2.75) is 13.0 Å². The maximum absolute atomic E-state index is 15.5. The summed E-state index contributed by atoms with van der Waals surface area (Å²) in [6, 6.07) is 27.1. The van der Waals surface area contributed by atoms with E-state index in [0.29, 0.717) is 22.9 Å². The van der Waals surface area contributed by atoms with E-state index in [4.69, 9.17) is 5.11 Å². The average molecular weight is 564 g/mol. The van der Waals surface area contributed by atoms with E-state index in [-0.39, 0.29) is 29.6 Å². The van der Waals surface area contributed by atoms with Gasteiger partial charge in [-0.3, -0.25) is 4.79 Å². The van der Waals surface area contributed by atoms with Crippen LogP contribution in [0.1, 0.15) is 37.4 Å². The number of aromatic carboxylic acids is 1. The minimum absolute atomic E-state index is 0.164. The van der Waals surface area contributed by atoms with Gasteiger partial charge >= 0.3 is 5.97 Å². The van der Waals surface area contributed by atoms with Crippen molar-refractivity contribution in [3.63, 3.8) is 0 Å². The summed E-state index contributed by atoms with van der Waals surface area (Å²) in [5.74, 6) is -1.97. The lowest BCUT2D eigenvalue weighted by Gasteiger charge is -2.12. The van der Waals surface area contributed by atoms with E-state index in [9.17, 15) is 14.0 Å². The summed E-state index contributed by atoms with van der Waals surface area (Å²) in [5, 5.41) is 16.2. The molecule has 0 spiro atoms. The first kappa shape index (κ1) is 26.3. The Balaban J connectivity index is 1.39. The molecule has 0 bridgehead atoms. The Bertz CT molecular complexity index is 1930. The Kier molecular flexibility index (Phi) is 7.03. The molecule has 1 amide bonds. The topological polar surface area (TPSA) is 66.4 Å². The fourth-order valence-electron chi connectivity index (χ4n) is 5.01. The third-order valence-corrected chi connectivity index (χ3v) is 8.13. The summed E-state index contributed by atoms with van der Waals surface area (Å²) >= 11 is 1.47. The predicted molar refractivity (Wildman–Crippen MR) is 159 cm³/mol. The number of nitrogens with one attached hydrogen (secondary N) is 1. The van der Waals surface area contributed by atoms with Crippen molar-refractivity contribution < 1.29 is 23.5 Å². The molecule has 0 fully saturated rings. The number of carboxylic acids is 1. The van der Waals surface area contributed by atoms with Crippen molar-refractivity contribution >= 4 is 44.1 Å². The van der Waals surface area contributed by atoms with Crippen molar-refractivity contribution in [2.75, 3.05) is 0 Å². The van der Waals surface area contributed by atoms with Crippen LogP contribution in [0.5, 0.6) is 0 Å². The van der Waals surface area contributed by atoms with Crippen molar-refractivity contribution in [3.05, 3.63) is 142 Å². The van der Waals surface area contributed by atoms with E-state index in [1.807, 2.05) is 35.7 Å². The predicted octanol–water partition coefficient (Wildman–Crippen LogP) is 8.22. The van der Waals surface area contributed by atoms with Crippen LogP contribution in [0.2, 0.25) is 0 Å². The number of hydrogen-bond acceptors (Lipinski definition) is 3. The molecule has 202 valence electrons. The zero-order valence-corrected chi connectivity index (χ0v) is 22.5. The van der Waals surface area contributed by atoms with Gasteiger partial charge in [-0.2, -0.15) is 0 Å². The molecule has 1 heterocycles. The lowest BCUT2D eigenvalue weighted by atomic mass is 9.95. The number of rotatable bonds is 7. The van der Waals surface area contributed by atoms with E-state index in [0.717, 1.165) is 37.7 Å². The summed E-state index contributed by atoms with van der Waals surface area (Å²) in [4.78, 5) is 24.8. The molecule has 7 heteroatoms. The fourth-order valence-corrected chi connectivity index (χ4v) is 6.04. The van der Waals surface area contributed by atoms with Gasteiger partial charge in [0.05, 0.1) is 5.56 Å². The van der Waals surface area contributed by atoms with Crippen molar-refractivity contribution in [1.29, 1.82) is 0 Å². The molecule has 0 aliphatic heterocycles. The summed E-state index contributed by atoms with van der Waals surface area (Å²) in [6.45, 7) is 0.194. The second kappa shape index (κ2) is 10.9. The molecule has 0 unspecified atom stereocenters. The monoisotopic (exact) mass is 563 g/mol. The highest BCUT2D eigenvalue weighted by Crippen LogP contribution is 2.36. The van der Waals surface area contributed by atoms with Gasteiger partial charge in [0.1, 0.15) is 11.6 Å². The summed E-state index contributed by atoms with van der Waals surface area (Å²) in [5.41, 5.74) is 4.25. The largest absolute Gasteiger partial charge is 0.478 e. The standard InChI is InChI=1S/C34H23F2NO3S/c35-27-13-11-21(12-14-27)25-16-29(33(38)37-18-20-5-7-23(8-6-20)34(39)40)31-26(19-41-30(31)17-25)15-24-10-9-22-3-1-2-4-28(22)32(24)36/h1-14,16-17,19H,15,18H2,(H,37,38)(H,39,40). The van der Waals surface area contributed by atoms with E-state index in [2.05, 4.69) is 5.32 Å². The maximum atomic E-state index is 15.5. The molecule has 1 aromatic heterocycles. The molecule has 6 aromatic rings. The number of carboxylic acid groups (broad SMARTS) is 1. The molecule has 0 aliphatic carbocycles. The number of halogens is 2. The molecular formula is C34H23F2NO3S. The summed E-state index contributed by atoms with van der Waals surface area (Å²) in [7, 11) is 0. The number of benzene rings is 5. The first-order valence-corrected chi connectivity index (χ1v) is 13.8. The molecule has 4 nitrogen and oxygen atoms in total. The van der Waals surface area contributed by atoms with Crippen molar-refractivity contribution in [3.8, 4) is 11.1 Å². The van der Waals surface area contributed by atoms with Gasteiger partial charge in [-0.05, 0) is 75.0 Å². The number of amides is 1. The minimum atomic E-state index is -1.02. The summed E-state index contributed by atoms with van der Waals surface area (Å²) in [6.07, 6.45) is 0.309. The molecule has 5 aromatic carbocycles. The first-order chi connectivity index (χ1) is 19.9. The minimum Gasteiger partial charge on any atom is -0.478 e. The molecule has 0 saturated heterocycles. The molecule has 6 rings (SSSR count). The molecule has 0 radical (unpaired) electrons. The fraction of sp³-hybridized carbons (Fsp3) is 0.0588. The zero-order valence-electron chi connectivity index (χ0n) is 21.7. The SMILES string of the molecule is O=C(O)c1ccc(CNC(=O)c2cc(-c3ccc(F)cc3)cc3scc(Cc4ccc5ccccc5c4F)c23)cc1. The van der Waals surface area contributed by atoms with Gasteiger partial charge in [0, 0.05) is 34.0 Å². The van der Waals surface area contributed by atoms with Crippen LogP contribution in [0.4, 0.5) is 8.78 Å². The van der Waals surface area contributed by atoms with Crippen LogP contribution >= 0.6 is 11.3 Å². The average Bonchev–Trinajstić information content (AvgIpc) is 3.40. The molecule has 0 atom stereocenters. The quantitative estimate of drug-likeness (QED) is 0.206. The highest BCUT2D eigenvalue weighted by atomic mass is 32.1. The lowest BCUT2D eigenvalue weighted by molar-refractivity contribution is 0.0696. The molecule has 2 N–H and O–H groups in total. The third kappa shape index (κ3) is 5.32. The Labute approximate surface area is 238 Å². The zero-order chi connectivity index (χ0) is 28.5. The Hall–Kier alpha value is -4.88. The number of thiophene rings is 1. The van der Waals surface area contributed by atoms with E-state index in [1.54, 1.807) is 42.5 Å². The van der Waals surface area contributed by atoms with Crippen LogP contribution < -0.4 is 5.32 Å².